The second-order valence-corrected chi connectivity index (χ2v) is 9.71. The number of sulfonamides is 1. The van der Waals surface area contributed by atoms with Crippen molar-refractivity contribution in [1.82, 2.24) is 25.1 Å². The van der Waals surface area contributed by atoms with Crippen LogP contribution >= 0.6 is 0 Å². The molecule has 4 rings (SSSR count). The smallest absolute Gasteiger partial charge is 0.251 e. The number of pyridine rings is 1. The summed E-state index contributed by atoms with van der Waals surface area (Å²) in [6.07, 6.45) is 4.49. The summed E-state index contributed by atoms with van der Waals surface area (Å²) in [4.78, 5) is 21.3. The predicted octanol–water partition coefficient (Wildman–Crippen LogP) is 2.10. The third kappa shape index (κ3) is 4.29. The van der Waals surface area contributed by atoms with Crippen molar-refractivity contribution in [3.05, 3.63) is 71.6 Å². The quantitative estimate of drug-likeness (QED) is 0.629. The maximum absolute atomic E-state index is 12.7. The lowest BCUT2D eigenvalue weighted by Crippen LogP contribution is -2.29. The Morgan fingerprint density at radius 3 is 2.68 bits per heavy atom. The van der Waals surface area contributed by atoms with Crippen LogP contribution in [0, 0.1) is 0 Å². The van der Waals surface area contributed by atoms with Crippen molar-refractivity contribution >= 4 is 21.6 Å². The van der Waals surface area contributed by atoms with Gasteiger partial charge in [-0.15, -0.1) is 0 Å². The van der Waals surface area contributed by atoms with E-state index in [2.05, 4.69) is 20.4 Å². The zero-order valence-corrected chi connectivity index (χ0v) is 18.4. The Hall–Kier alpha value is -3.27. The SMILES string of the molecule is CC(C)n1cnc([C@H]2CN(S(C)(=O)=O)c3ccc(C(=O)NCc4ccccn4)cc32)n1. The summed E-state index contributed by atoms with van der Waals surface area (Å²) >= 11 is 0. The topological polar surface area (TPSA) is 110 Å². The zero-order valence-electron chi connectivity index (χ0n) is 17.6. The number of nitrogens with one attached hydrogen (secondary N) is 1. The van der Waals surface area contributed by atoms with Gasteiger partial charge in [0.15, 0.2) is 5.82 Å². The molecule has 1 aliphatic heterocycles. The summed E-state index contributed by atoms with van der Waals surface area (Å²) in [5, 5.41) is 7.39. The van der Waals surface area contributed by atoms with Crippen molar-refractivity contribution in [3.8, 4) is 0 Å². The van der Waals surface area contributed by atoms with Gasteiger partial charge in [-0.1, -0.05) is 6.07 Å². The Bertz CT molecular complexity index is 1210. The number of carbonyl (C=O) groups is 1. The van der Waals surface area contributed by atoms with Crippen LogP contribution in [0.15, 0.2) is 48.9 Å². The van der Waals surface area contributed by atoms with Crippen LogP contribution in [0.5, 0.6) is 0 Å². The fourth-order valence-corrected chi connectivity index (χ4v) is 4.52. The first-order chi connectivity index (χ1) is 14.7. The maximum Gasteiger partial charge on any atom is 0.251 e. The van der Waals surface area contributed by atoms with Crippen molar-refractivity contribution < 1.29 is 13.2 Å². The molecular formula is C21H24N6O3S. The first kappa shape index (κ1) is 21.0. The zero-order chi connectivity index (χ0) is 22.2. The Morgan fingerprint density at radius 2 is 2.03 bits per heavy atom. The fraction of sp³-hybridized carbons (Fsp3) is 0.333. The molecule has 31 heavy (non-hydrogen) atoms. The Labute approximate surface area is 181 Å². The molecule has 3 heterocycles. The van der Waals surface area contributed by atoms with Crippen LogP contribution < -0.4 is 9.62 Å². The molecule has 0 radical (unpaired) electrons. The highest BCUT2D eigenvalue weighted by Gasteiger charge is 2.37. The monoisotopic (exact) mass is 440 g/mol. The molecule has 9 nitrogen and oxygen atoms in total. The van der Waals surface area contributed by atoms with E-state index in [1.54, 1.807) is 35.4 Å². The van der Waals surface area contributed by atoms with Crippen molar-refractivity contribution in [1.29, 1.82) is 0 Å². The van der Waals surface area contributed by atoms with Crippen molar-refractivity contribution in [3.63, 3.8) is 0 Å². The summed E-state index contributed by atoms with van der Waals surface area (Å²) < 4.78 is 27.8. The van der Waals surface area contributed by atoms with E-state index in [1.165, 1.54) is 10.6 Å². The average molecular weight is 441 g/mol. The molecule has 3 aromatic rings. The van der Waals surface area contributed by atoms with Crippen molar-refractivity contribution in [2.75, 3.05) is 17.1 Å². The van der Waals surface area contributed by atoms with Gasteiger partial charge in [0.05, 0.1) is 30.1 Å². The van der Waals surface area contributed by atoms with Gasteiger partial charge in [0.25, 0.3) is 5.91 Å². The number of nitrogens with zero attached hydrogens (tertiary/aromatic N) is 5. The van der Waals surface area contributed by atoms with Gasteiger partial charge in [-0.2, -0.15) is 5.10 Å². The number of fused-ring (bicyclic) bond motifs is 1. The molecule has 0 spiro atoms. The Kier molecular flexibility index (Phi) is 5.48. The highest BCUT2D eigenvalue weighted by Crippen LogP contribution is 2.40. The number of rotatable bonds is 6. The number of aromatic nitrogens is 4. The molecule has 1 aromatic carbocycles. The maximum atomic E-state index is 12.7. The van der Waals surface area contributed by atoms with Crippen LogP contribution in [0.25, 0.3) is 0 Å². The lowest BCUT2D eigenvalue weighted by atomic mass is 9.98. The molecule has 1 aliphatic rings. The van der Waals surface area contributed by atoms with Gasteiger partial charge in [-0.05, 0) is 49.7 Å². The number of carbonyl (C=O) groups excluding carboxylic acids is 1. The van der Waals surface area contributed by atoms with Gasteiger partial charge in [-0.25, -0.2) is 13.4 Å². The molecular weight excluding hydrogens is 416 g/mol. The highest BCUT2D eigenvalue weighted by molar-refractivity contribution is 7.92. The van der Waals surface area contributed by atoms with Gasteiger partial charge >= 0.3 is 0 Å². The minimum Gasteiger partial charge on any atom is -0.346 e. The number of anilines is 1. The minimum atomic E-state index is -3.48. The van der Waals surface area contributed by atoms with E-state index < -0.39 is 10.0 Å². The standard InChI is InChI=1S/C21H24N6O3S/c1-14(2)26-13-24-20(25-26)18-12-27(31(3,29)30)19-8-7-15(10-17(18)19)21(28)23-11-16-6-4-5-9-22-16/h4-10,13-14,18H,11-12H2,1-3H3,(H,23,28)/t18-/m0/s1. The van der Waals surface area contributed by atoms with Gasteiger partial charge in [0, 0.05) is 24.3 Å². The Morgan fingerprint density at radius 1 is 1.23 bits per heavy atom. The molecule has 0 saturated carbocycles. The van der Waals surface area contributed by atoms with Crippen LogP contribution in [0.1, 0.15) is 53.2 Å². The molecule has 1 amide bonds. The molecule has 2 aromatic heterocycles. The Balaban J connectivity index is 1.65. The van der Waals surface area contributed by atoms with E-state index >= 15 is 0 Å². The molecule has 1 N–H and O–H groups in total. The number of hydrogen-bond acceptors (Lipinski definition) is 6. The summed E-state index contributed by atoms with van der Waals surface area (Å²) in [5.74, 6) is -0.0777. The predicted molar refractivity (Wildman–Crippen MR) is 116 cm³/mol. The number of amides is 1. The van der Waals surface area contributed by atoms with E-state index in [9.17, 15) is 13.2 Å². The third-order valence-electron chi connectivity index (χ3n) is 5.21. The van der Waals surface area contributed by atoms with E-state index in [0.29, 0.717) is 23.6 Å². The van der Waals surface area contributed by atoms with Crippen molar-refractivity contribution in [2.24, 2.45) is 0 Å². The van der Waals surface area contributed by atoms with Crippen LogP contribution in [0.2, 0.25) is 0 Å². The van der Waals surface area contributed by atoms with Crippen LogP contribution in [-0.2, 0) is 16.6 Å². The molecule has 0 saturated heterocycles. The second-order valence-electron chi connectivity index (χ2n) is 7.80. The first-order valence-corrected chi connectivity index (χ1v) is 11.8. The van der Waals surface area contributed by atoms with E-state index in [0.717, 1.165) is 11.3 Å². The molecule has 162 valence electrons. The van der Waals surface area contributed by atoms with Crippen LogP contribution in [0.4, 0.5) is 5.69 Å². The molecule has 1 atom stereocenters. The van der Waals surface area contributed by atoms with Gasteiger partial charge in [0.1, 0.15) is 6.33 Å². The third-order valence-corrected chi connectivity index (χ3v) is 6.35. The van der Waals surface area contributed by atoms with E-state index in [-0.39, 0.29) is 24.4 Å². The number of benzene rings is 1. The fourth-order valence-electron chi connectivity index (χ4n) is 3.57. The summed E-state index contributed by atoms with van der Waals surface area (Å²) in [6.45, 7) is 4.49. The molecule has 0 aliphatic carbocycles. The normalized spacial score (nSPS) is 15.9. The second kappa shape index (κ2) is 8.10. The van der Waals surface area contributed by atoms with Gasteiger partial charge < -0.3 is 5.32 Å². The molecule has 0 fully saturated rings. The lowest BCUT2D eigenvalue weighted by Gasteiger charge is -2.16. The van der Waals surface area contributed by atoms with Crippen molar-refractivity contribution in [2.45, 2.75) is 32.4 Å². The first-order valence-electron chi connectivity index (χ1n) is 9.95. The largest absolute Gasteiger partial charge is 0.346 e. The molecule has 0 bridgehead atoms. The summed E-state index contributed by atoms with van der Waals surface area (Å²) in [6, 6.07) is 10.7. The van der Waals surface area contributed by atoms with E-state index in [4.69, 9.17) is 0 Å². The summed E-state index contributed by atoms with van der Waals surface area (Å²) in [5.41, 5.74) is 2.46. The number of hydrogen-bond donors (Lipinski definition) is 1. The molecule has 0 unspecified atom stereocenters. The minimum absolute atomic E-state index is 0.136. The van der Waals surface area contributed by atoms with Crippen LogP contribution in [0.3, 0.4) is 0 Å². The lowest BCUT2D eigenvalue weighted by molar-refractivity contribution is 0.0950. The van der Waals surface area contributed by atoms with E-state index in [1.807, 2.05) is 32.0 Å². The van der Waals surface area contributed by atoms with Crippen LogP contribution in [-0.4, -0.2) is 46.9 Å². The van der Waals surface area contributed by atoms with Gasteiger partial charge in [-0.3, -0.25) is 18.8 Å². The summed E-state index contributed by atoms with van der Waals surface area (Å²) in [7, 11) is -3.48. The highest BCUT2D eigenvalue weighted by atomic mass is 32.2. The molecule has 10 heteroatoms. The average Bonchev–Trinajstić information content (AvgIpc) is 3.37. The van der Waals surface area contributed by atoms with Gasteiger partial charge in [0.2, 0.25) is 10.0 Å².